The van der Waals surface area contributed by atoms with E-state index in [-0.39, 0.29) is 19.1 Å². The Morgan fingerprint density at radius 1 is 1.33 bits per heavy atom. The van der Waals surface area contributed by atoms with Crippen LogP contribution in [0.1, 0.15) is 30.5 Å². The molecule has 0 spiro atoms. The van der Waals surface area contributed by atoms with Crippen LogP contribution in [0.2, 0.25) is 0 Å². The number of piperidine rings is 1. The summed E-state index contributed by atoms with van der Waals surface area (Å²) in [6, 6.07) is 4.18. The van der Waals surface area contributed by atoms with Crippen LogP contribution >= 0.6 is 0 Å². The van der Waals surface area contributed by atoms with Crippen molar-refractivity contribution < 1.29 is 9.18 Å². The lowest BCUT2D eigenvalue weighted by atomic mass is 9.91. The first-order chi connectivity index (χ1) is 13.1. The smallest absolute Gasteiger partial charge is 0.320 e. The van der Waals surface area contributed by atoms with E-state index in [0.717, 1.165) is 50.2 Å². The van der Waals surface area contributed by atoms with Crippen molar-refractivity contribution in [1.82, 2.24) is 20.1 Å². The number of carbonyl (C=O) groups is 1. The molecule has 3 rings (SSSR count). The van der Waals surface area contributed by atoms with Gasteiger partial charge in [0.25, 0.3) is 0 Å². The van der Waals surface area contributed by atoms with Gasteiger partial charge in [0.1, 0.15) is 6.17 Å². The number of carbonyl (C=O) groups excluding carboxylic acids is 1. The van der Waals surface area contributed by atoms with Crippen LogP contribution in [-0.4, -0.2) is 60.2 Å². The molecule has 27 heavy (non-hydrogen) atoms. The third-order valence-electron chi connectivity index (χ3n) is 5.49. The number of aromatic nitrogens is 1. The molecule has 2 fully saturated rings. The number of allylic oxidation sites excluding steroid dienone is 2. The normalized spacial score (nSPS) is 19.0. The van der Waals surface area contributed by atoms with Gasteiger partial charge in [0, 0.05) is 26.3 Å². The number of nitrogens with zero attached hydrogens (tertiary/aromatic N) is 3. The fraction of sp³-hybridized carbons (Fsp3) is 0.524. The molecule has 2 amide bonds. The Hall–Kier alpha value is -2.37. The molecule has 0 radical (unpaired) electrons. The minimum absolute atomic E-state index is 0.00931. The molecule has 0 aromatic carbocycles. The second-order valence-corrected chi connectivity index (χ2v) is 7.37. The van der Waals surface area contributed by atoms with Gasteiger partial charge in [0.15, 0.2) is 0 Å². The second-order valence-electron chi connectivity index (χ2n) is 7.37. The highest BCUT2D eigenvalue weighted by Crippen LogP contribution is 2.24. The van der Waals surface area contributed by atoms with Gasteiger partial charge < -0.3 is 15.1 Å². The number of alkyl halides is 1. The Morgan fingerprint density at radius 2 is 2.07 bits per heavy atom. The maximum Gasteiger partial charge on any atom is 0.320 e. The summed E-state index contributed by atoms with van der Waals surface area (Å²) in [4.78, 5) is 20.3. The molecule has 6 heteroatoms. The summed E-state index contributed by atoms with van der Waals surface area (Å²) >= 11 is 0. The van der Waals surface area contributed by atoms with Crippen molar-refractivity contribution >= 4 is 11.7 Å². The molecule has 2 aliphatic rings. The van der Waals surface area contributed by atoms with Crippen LogP contribution in [0.15, 0.2) is 37.1 Å². The lowest BCUT2D eigenvalue weighted by Crippen LogP contribution is -2.57. The van der Waals surface area contributed by atoms with Crippen molar-refractivity contribution in [3.63, 3.8) is 0 Å². The summed E-state index contributed by atoms with van der Waals surface area (Å²) in [6.45, 7) is 5.82. The molecule has 1 aromatic rings. The standard InChI is InChI=1S/C21H29FN4O/c1-3-4-19(23-2)20-8-7-17(13-24-20)6-5-16-9-11-25(12-10-16)21(27)26-14-18(22)15-26/h3-4,7-8,13,16,18,23H,1,5-6,9-12,14-15H2,2H3/b19-4-. The Kier molecular flexibility index (Phi) is 6.48. The summed E-state index contributed by atoms with van der Waals surface area (Å²) in [6.07, 6.45) is 8.93. The number of pyridine rings is 1. The van der Waals surface area contributed by atoms with E-state index in [1.165, 1.54) is 5.56 Å². The second kappa shape index (κ2) is 9.02. The third kappa shape index (κ3) is 4.87. The van der Waals surface area contributed by atoms with Gasteiger partial charge >= 0.3 is 6.03 Å². The monoisotopic (exact) mass is 372 g/mol. The van der Waals surface area contributed by atoms with E-state index in [1.54, 1.807) is 11.0 Å². The molecule has 1 N–H and O–H groups in total. The van der Waals surface area contributed by atoms with Crippen LogP contribution in [0.3, 0.4) is 0 Å². The van der Waals surface area contributed by atoms with Crippen molar-refractivity contribution in [1.29, 1.82) is 0 Å². The number of halogens is 1. The highest BCUT2D eigenvalue weighted by Gasteiger charge is 2.34. The van der Waals surface area contributed by atoms with Crippen LogP contribution < -0.4 is 5.32 Å². The van der Waals surface area contributed by atoms with E-state index in [0.29, 0.717) is 5.92 Å². The van der Waals surface area contributed by atoms with E-state index in [2.05, 4.69) is 22.9 Å². The maximum absolute atomic E-state index is 12.9. The molecule has 5 nitrogen and oxygen atoms in total. The molecule has 3 heterocycles. The van der Waals surface area contributed by atoms with E-state index in [4.69, 9.17) is 0 Å². The summed E-state index contributed by atoms with van der Waals surface area (Å²) in [7, 11) is 1.87. The zero-order chi connectivity index (χ0) is 19.2. The largest absolute Gasteiger partial charge is 0.386 e. The number of amides is 2. The Balaban J connectivity index is 1.43. The fourth-order valence-corrected chi connectivity index (χ4v) is 3.71. The van der Waals surface area contributed by atoms with Gasteiger partial charge in [-0.3, -0.25) is 4.98 Å². The highest BCUT2D eigenvalue weighted by atomic mass is 19.1. The lowest BCUT2D eigenvalue weighted by Gasteiger charge is -2.40. The van der Waals surface area contributed by atoms with Gasteiger partial charge in [0.2, 0.25) is 0 Å². The molecule has 0 saturated carbocycles. The highest BCUT2D eigenvalue weighted by molar-refractivity contribution is 5.75. The Morgan fingerprint density at radius 3 is 2.63 bits per heavy atom. The minimum atomic E-state index is -0.831. The van der Waals surface area contributed by atoms with Gasteiger partial charge in [-0.1, -0.05) is 18.7 Å². The number of urea groups is 1. The predicted molar refractivity (Wildman–Crippen MR) is 106 cm³/mol. The van der Waals surface area contributed by atoms with Crippen LogP contribution in [-0.2, 0) is 6.42 Å². The van der Waals surface area contributed by atoms with Crippen LogP contribution in [0.5, 0.6) is 0 Å². The number of aryl methyl sites for hydroxylation is 1. The first-order valence-corrected chi connectivity index (χ1v) is 9.74. The molecule has 0 unspecified atom stereocenters. The Bertz CT molecular complexity index is 674. The topological polar surface area (TPSA) is 48.5 Å². The number of hydrogen-bond donors (Lipinski definition) is 1. The van der Waals surface area contributed by atoms with Crippen molar-refractivity contribution in [2.75, 3.05) is 33.2 Å². The maximum atomic E-state index is 12.9. The molecule has 2 saturated heterocycles. The lowest BCUT2D eigenvalue weighted by molar-refractivity contribution is 0.0603. The number of hydrogen-bond acceptors (Lipinski definition) is 3. The van der Waals surface area contributed by atoms with E-state index in [1.807, 2.05) is 30.3 Å². The van der Waals surface area contributed by atoms with Crippen LogP contribution in [0, 0.1) is 5.92 Å². The molecular weight excluding hydrogens is 343 g/mol. The van der Waals surface area contributed by atoms with Gasteiger partial charge in [0.05, 0.1) is 24.5 Å². The van der Waals surface area contributed by atoms with E-state index < -0.39 is 6.17 Å². The van der Waals surface area contributed by atoms with Crippen molar-refractivity contribution in [3.8, 4) is 0 Å². The number of rotatable bonds is 6. The van der Waals surface area contributed by atoms with Gasteiger partial charge in [-0.2, -0.15) is 0 Å². The van der Waals surface area contributed by atoms with Crippen molar-refractivity contribution in [2.24, 2.45) is 5.92 Å². The summed E-state index contributed by atoms with van der Waals surface area (Å²) in [5.41, 5.74) is 3.10. The minimum Gasteiger partial charge on any atom is -0.386 e. The first-order valence-electron chi connectivity index (χ1n) is 9.74. The van der Waals surface area contributed by atoms with Gasteiger partial charge in [-0.05, 0) is 49.3 Å². The predicted octanol–water partition coefficient (Wildman–Crippen LogP) is 3.25. The molecular formula is C21H29FN4O. The fourth-order valence-electron chi connectivity index (χ4n) is 3.71. The third-order valence-corrected chi connectivity index (χ3v) is 5.49. The molecule has 1 aromatic heterocycles. The Labute approximate surface area is 160 Å². The van der Waals surface area contributed by atoms with Gasteiger partial charge in [-0.25, -0.2) is 9.18 Å². The quantitative estimate of drug-likeness (QED) is 0.780. The molecule has 2 aliphatic heterocycles. The van der Waals surface area contributed by atoms with E-state index in [9.17, 15) is 9.18 Å². The zero-order valence-corrected chi connectivity index (χ0v) is 16.0. The first kappa shape index (κ1) is 19.4. The summed E-state index contributed by atoms with van der Waals surface area (Å²) in [5.74, 6) is 0.632. The number of likely N-dealkylation sites (tertiary alicyclic amines) is 2. The van der Waals surface area contributed by atoms with Crippen molar-refractivity contribution in [2.45, 2.75) is 31.9 Å². The zero-order valence-electron chi connectivity index (χ0n) is 16.0. The van der Waals surface area contributed by atoms with E-state index >= 15 is 0 Å². The SMILES string of the molecule is C=C/C=C(\NC)c1ccc(CCC2CCN(C(=O)N3CC(F)C3)CC2)cn1. The van der Waals surface area contributed by atoms with Crippen molar-refractivity contribution in [3.05, 3.63) is 48.3 Å². The number of nitrogens with one attached hydrogen (secondary N) is 1. The average molecular weight is 372 g/mol. The summed E-state index contributed by atoms with van der Waals surface area (Å²) in [5, 5.41) is 3.13. The molecule has 0 bridgehead atoms. The molecule has 146 valence electrons. The van der Waals surface area contributed by atoms with Gasteiger partial charge in [-0.15, -0.1) is 0 Å². The van der Waals surface area contributed by atoms with Crippen LogP contribution in [0.4, 0.5) is 9.18 Å². The average Bonchev–Trinajstić information content (AvgIpc) is 2.68. The van der Waals surface area contributed by atoms with Crippen LogP contribution in [0.25, 0.3) is 5.70 Å². The molecule has 0 atom stereocenters. The molecule has 0 aliphatic carbocycles. The summed E-state index contributed by atoms with van der Waals surface area (Å²) < 4.78 is 12.9.